The first kappa shape index (κ1) is 15.0. The van der Waals surface area contributed by atoms with Gasteiger partial charge in [-0.3, -0.25) is 0 Å². The highest BCUT2D eigenvalue weighted by atomic mass is 14.6. The van der Waals surface area contributed by atoms with Crippen molar-refractivity contribution in [2.75, 3.05) is 6.54 Å². The molecule has 0 aliphatic rings. The Morgan fingerprint density at radius 3 is 2.13 bits per heavy atom. The van der Waals surface area contributed by atoms with Crippen LogP contribution in [0.15, 0.2) is 0 Å². The second-order valence-electron chi connectivity index (χ2n) is 5.32. The molecule has 0 heterocycles. The summed E-state index contributed by atoms with van der Waals surface area (Å²) in [5, 5.41) is 0. The van der Waals surface area contributed by atoms with E-state index in [4.69, 9.17) is 5.73 Å². The molecule has 0 aromatic rings. The Bertz CT molecular complexity index is 138. The van der Waals surface area contributed by atoms with Crippen molar-refractivity contribution in [1.29, 1.82) is 0 Å². The molecule has 92 valence electrons. The van der Waals surface area contributed by atoms with Crippen LogP contribution in [0.4, 0.5) is 0 Å². The van der Waals surface area contributed by atoms with Crippen molar-refractivity contribution in [1.82, 2.24) is 0 Å². The standard InChI is InChI=1S/C14H31N/c1-5-7-8-9-10-11-13(3)14(4,6-2)12-15/h13H,5-12,15H2,1-4H3. The third-order valence-electron chi connectivity index (χ3n) is 4.20. The fourth-order valence-corrected chi connectivity index (χ4v) is 2.10. The normalized spacial score (nSPS) is 17.4. The van der Waals surface area contributed by atoms with Crippen LogP contribution in [0.1, 0.15) is 72.6 Å². The third-order valence-corrected chi connectivity index (χ3v) is 4.20. The van der Waals surface area contributed by atoms with Crippen LogP contribution in [-0.2, 0) is 0 Å². The molecule has 2 unspecified atom stereocenters. The lowest BCUT2D eigenvalue weighted by Crippen LogP contribution is -2.33. The molecule has 0 aromatic heterocycles. The molecule has 1 heteroatoms. The molecule has 0 amide bonds. The molecule has 0 aliphatic carbocycles. The van der Waals surface area contributed by atoms with Gasteiger partial charge in [-0.2, -0.15) is 0 Å². The monoisotopic (exact) mass is 213 g/mol. The molecule has 0 rings (SSSR count). The maximum absolute atomic E-state index is 5.87. The van der Waals surface area contributed by atoms with Gasteiger partial charge in [0.2, 0.25) is 0 Å². The van der Waals surface area contributed by atoms with Gasteiger partial charge in [0.05, 0.1) is 0 Å². The summed E-state index contributed by atoms with van der Waals surface area (Å²) < 4.78 is 0. The number of unbranched alkanes of at least 4 members (excludes halogenated alkanes) is 4. The van der Waals surface area contributed by atoms with E-state index in [1.807, 2.05) is 0 Å². The zero-order chi connectivity index (χ0) is 11.7. The van der Waals surface area contributed by atoms with Crippen molar-refractivity contribution >= 4 is 0 Å². The van der Waals surface area contributed by atoms with Crippen molar-refractivity contribution in [2.45, 2.75) is 72.6 Å². The Hall–Kier alpha value is -0.0400. The highest BCUT2D eigenvalue weighted by Crippen LogP contribution is 2.33. The van der Waals surface area contributed by atoms with Crippen LogP contribution < -0.4 is 5.73 Å². The van der Waals surface area contributed by atoms with E-state index in [9.17, 15) is 0 Å². The first-order valence-corrected chi connectivity index (χ1v) is 6.80. The van der Waals surface area contributed by atoms with Gasteiger partial charge in [0.25, 0.3) is 0 Å². The predicted octanol–water partition coefficient (Wildman–Crippen LogP) is 4.36. The van der Waals surface area contributed by atoms with Gasteiger partial charge >= 0.3 is 0 Å². The zero-order valence-corrected chi connectivity index (χ0v) is 11.3. The lowest BCUT2D eigenvalue weighted by molar-refractivity contribution is 0.187. The van der Waals surface area contributed by atoms with Crippen LogP contribution >= 0.6 is 0 Å². The summed E-state index contributed by atoms with van der Waals surface area (Å²) in [4.78, 5) is 0. The maximum Gasteiger partial charge on any atom is -0.00207 e. The Balaban J connectivity index is 3.67. The van der Waals surface area contributed by atoms with Crippen molar-refractivity contribution in [3.63, 3.8) is 0 Å². The molecule has 15 heavy (non-hydrogen) atoms. The molecular weight excluding hydrogens is 182 g/mol. The van der Waals surface area contributed by atoms with E-state index < -0.39 is 0 Å². The van der Waals surface area contributed by atoms with Crippen LogP contribution in [0.5, 0.6) is 0 Å². The summed E-state index contributed by atoms with van der Waals surface area (Å²) in [5.74, 6) is 0.772. The van der Waals surface area contributed by atoms with E-state index >= 15 is 0 Å². The fraction of sp³-hybridized carbons (Fsp3) is 1.00. The topological polar surface area (TPSA) is 26.0 Å². The Labute approximate surface area is 96.8 Å². The minimum Gasteiger partial charge on any atom is -0.330 e. The molecule has 2 atom stereocenters. The molecule has 0 bridgehead atoms. The van der Waals surface area contributed by atoms with Crippen LogP contribution in [-0.4, -0.2) is 6.54 Å². The van der Waals surface area contributed by atoms with Gasteiger partial charge in [0.1, 0.15) is 0 Å². The Morgan fingerprint density at radius 1 is 1.07 bits per heavy atom. The van der Waals surface area contributed by atoms with Gasteiger partial charge in [-0.05, 0) is 24.3 Å². The summed E-state index contributed by atoms with van der Waals surface area (Å²) in [6, 6.07) is 0. The predicted molar refractivity (Wildman–Crippen MR) is 70.0 cm³/mol. The highest BCUT2D eigenvalue weighted by Gasteiger charge is 2.26. The SMILES string of the molecule is CCCCCCCC(C)C(C)(CC)CN. The van der Waals surface area contributed by atoms with E-state index in [1.165, 1.54) is 44.9 Å². The molecule has 0 aliphatic heterocycles. The summed E-state index contributed by atoms with van der Waals surface area (Å²) in [6.07, 6.45) is 9.50. The average molecular weight is 213 g/mol. The molecule has 0 radical (unpaired) electrons. The summed E-state index contributed by atoms with van der Waals surface area (Å²) in [7, 11) is 0. The highest BCUT2D eigenvalue weighted by molar-refractivity contribution is 4.79. The molecule has 1 nitrogen and oxygen atoms in total. The van der Waals surface area contributed by atoms with Crippen LogP contribution in [0.25, 0.3) is 0 Å². The van der Waals surface area contributed by atoms with Crippen LogP contribution in [0.3, 0.4) is 0 Å². The van der Waals surface area contributed by atoms with Gasteiger partial charge in [-0.15, -0.1) is 0 Å². The molecule has 0 spiro atoms. The first-order valence-electron chi connectivity index (χ1n) is 6.80. The quantitative estimate of drug-likeness (QED) is 0.566. The first-order chi connectivity index (χ1) is 7.10. The Kier molecular flexibility index (Phi) is 8.13. The molecule has 0 fully saturated rings. The van der Waals surface area contributed by atoms with Crippen molar-refractivity contribution in [2.24, 2.45) is 17.1 Å². The van der Waals surface area contributed by atoms with Gasteiger partial charge in [0, 0.05) is 0 Å². The lowest BCUT2D eigenvalue weighted by atomic mass is 9.74. The average Bonchev–Trinajstić information content (AvgIpc) is 2.27. The number of nitrogens with two attached hydrogens (primary N) is 1. The van der Waals surface area contributed by atoms with Crippen LogP contribution in [0.2, 0.25) is 0 Å². The van der Waals surface area contributed by atoms with E-state index in [-0.39, 0.29) is 0 Å². The van der Waals surface area contributed by atoms with Crippen LogP contribution in [0, 0.1) is 11.3 Å². The fourth-order valence-electron chi connectivity index (χ4n) is 2.10. The van der Waals surface area contributed by atoms with Gasteiger partial charge < -0.3 is 5.73 Å². The summed E-state index contributed by atoms with van der Waals surface area (Å²) in [5.41, 5.74) is 6.24. The van der Waals surface area contributed by atoms with Gasteiger partial charge in [-0.1, -0.05) is 66.2 Å². The summed E-state index contributed by atoms with van der Waals surface area (Å²) >= 11 is 0. The number of hydrogen-bond acceptors (Lipinski definition) is 1. The molecule has 0 aromatic carbocycles. The largest absolute Gasteiger partial charge is 0.330 e. The Morgan fingerprint density at radius 2 is 1.67 bits per heavy atom. The van der Waals surface area contributed by atoms with E-state index in [0.717, 1.165) is 12.5 Å². The summed E-state index contributed by atoms with van der Waals surface area (Å²) in [6.45, 7) is 10.1. The second-order valence-corrected chi connectivity index (χ2v) is 5.32. The lowest BCUT2D eigenvalue weighted by Gasteiger charge is -2.33. The molecule has 2 N–H and O–H groups in total. The van der Waals surface area contributed by atoms with Gasteiger partial charge in [-0.25, -0.2) is 0 Å². The minimum atomic E-state index is 0.366. The maximum atomic E-state index is 5.87. The van der Waals surface area contributed by atoms with E-state index in [1.54, 1.807) is 0 Å². The molecule has 0 saturated heterocycles. The van der Waals surface area contributed by atoms with Gasteiger partial charge in [0.15, 0.2) is 0 Å². The third kappa shape index (κ3) is 5.55. The number of hydrogen-bond donors (Lipinski definition) is 1. The smallest absolute Gasteiger partial charge is 0.00207 e. The number of rotatable bonds is 9. The van der Waals surface area contributed by atoms with E-state index in [0.29, 0.717) is 5.41 Å². The minimum absolute atomic E-state index is 0.366. The second kappa shape index (κ2) is 8.15. The van der Waals surface area contributed by atoms with Crippen molar-refractivity contribution in [3.05, 3.63) is 0 Å². The molecular formula is C14H31N. The van der Waals surface area contributed by atoms with Crippen molar-refractivity contribution in [3.8, 4) is 0 Å². The van der Waals surface area contributed by atoms with Crippen molar-refractivity contribution < 1.29 is 0 Å². The molecule has 0 saturated carbocycles. The zero-order valence-electron chi connectivity index (χ0n) is 11.3. The van der Waals surface area contributed by atoms with E-state index in [2.05, 4.69) is 27.7 Å².